The number of carbonyl (C=O) groups excluding carboxylic acids is 1. The molecule has 1 unspecified atom stereocenters. The Bertz CT molecular complexity index is 387. The van der Waals surface area contributed by atoms with Crippen LogP contribution in [0, 0.1) is 12.8 Å². The zero-order valence-corrected chi connectivity index (χ0v) is 11.5. The topological polar surface area (TPSA) is 60.9 Å². The fourth-order valence-corrected chi connectivity index (χ4v) is 1.93. The van der Waals surface area contributed by atoms with Crippen molar-refractivity contribution >= 4 is 21.7 Å². The van der Waals surface area contributed by atoms with Crippen molar-refractivity contribution in [1.29, 1.82) is 0 Å². The number of hydrogen-bond acceptors (Lipinski definition) is 3. The van der Waals surface area contributed by atoms with Gasteiger partial charge >= 0.3 is 0 Å². The van der Waals surface area contributed by atoms with E-state index in [1.165, 1.54) is 0 Å². The lowest BCUT2D eigenvalue weighted by Crippen LogP contribution is -2.23. The predicted molar refractivity (Wildman–Crippen MR) is 67.3 cm³/mol. The van der Waals surface area contributed by atoms with E-state index in [9.17, 15) is 4.79 Å². The van der Waals surface area contributed by atoms with Crippen LogP contribution < -0.4 is 5.73 Å². The fraction of sp³-hybridized carbons (Fsp3) is 0.636. The van der Waals surface area contributed by atoms with Gasteiger partial charge in [0.15, 0.2) is 0 Å². The van der Waals surface area contributed by atoms with Crippen molar-refractivity contribution < 1.29 is 4.79 Å². The number of halogens is 1. The highest BCUT2D eigenvalue weighted by molar-refractivity contribution is 9.10. The van der Waals surface area contributed by atoms with E-state index in [1.807, 2.05) is 25.5 Å². The lowest BCUT2D eigenvalue weighted by Gasteiger charge is -2.09. The molecule has 90 valence electrons. The van der Waals surface area contributed by atoms with Crippen LogP contribution in [-0.2, 0) is 17.8 Å². The van der Waals surface area contributed by atoms with Gasteiger partial charge in [0.25, 0.3) is 0 Å². The van der Waals surface area contributed by atoms with Gasteiger partial charge in [0, 0.05) is 25.4 Å². The summed E-state index contributed by atoms with van der Waals surface area (Å²) in [6, 6.07) is 0. The van der Waals surface area contributed by atoms with Crippen LogP contribution in [-0.4, -0.2) is 22.1 Å². The second-order valence-electron chi connectivity index (χ2n) is 3.94. The molecule has 1 rings (SSSR count). The van der Waals surface area contributed by atoms with Crippen molar-refractivity contribution in [3.05, 3.63) is 15.9 Å². The molecule has 1 heterocycles. The Balaban J connectivity index is 2.92. The normalized spacial score (nSPS) is 12.8. The molecule has 0 bridgehead atoms. The van der Waals surface area contributed by atoms with Gasteiger partial charge in [-0.1, -0.05) is 6.92 Å². The number of hydrogen-bond donors (Lipinski definition) is 1. The largest absolute Gasteiger partial charge is 0.330 e. The first-order chi connectivity index (χ1) is 7.51. The van der Waals surface area contributed by atoms with Gasteiger partial charge in [-0.25, -0.2) is 0 Å². The molecular weight excluding hydrogens is 270 g/mol. The lowest BCUT2D eigenvalue weighted by molar-refractivity contribution is -0.121. The quantitative estimate of drug-likeness (QED) is 0.896. The van der Waals surface area contributed by atoms with E-state index in [-0.39, 0.29) is 11.7 Å². The Morgan fingerprint density at radius 2 is 2.25 bits per heavy atom. The minimum absolute atomic E-state index is 0.0904. The average molecular weight is 288 g/mol. The molecule has 0 aliphatic rings. The minimum atomic E-state index is -0.0904. The van der Waals surface area contributed by atoms with Crippen LogP contribution in [0.4, 0.5) is 0 Å². The van der Waals surface area contributed by atoms with Crippen LogP contribution in [0.5, 0.6) is 0 Å². The maximum atomic E-state index is 11.8. The van der Waals surface area contributed by atoms with E-state index in [0.717, 1.165) is 22.4 Å². The Morgan fingerprint density at radius 3 is 2.75 bits per heavy atom. The summed E-state index contributed by atoms with van der Waals surface area (Å²) < 4.78 is 2.80. The number of ketones is 1. The van der Waals surface area contributed by atoms with Gasteiger partial charge in [0.05, 0.1) is 15.9 Å². The molecule has 0 fully saturated rings. The Morgan fingerprint density at radius 1 is 1.62 bits per heavy atom. The number of rotatable bonds is 5. The van der Waals surface area contributed by atoms with Crippen LogP contribution in [0.25, 0.3) is 0 Å². The number of nitrogens with two attached hydrogens (primary N) is 1. The molecular formula is C11H18BrN3O. The van der Waals surface area contributed by atoms with Gasteiger partial charge in [-0.05, 0) is 29.8 Å². The van der Waals surface area contributed by atoms with E-state index in [0.29, 0.717) is 13.0 Å². The predicted octanol–water partition coefficient (Wildman–Crippen LogP) is 1.68. The van der Waals surface area contributed by atoms with Crippen molar-refractivity contribution in [2.24, 2.45) is 11.7 Å². The van der Waals surface area contributed by atoms with Gasteiger partial charge in [0.2, 0.25) is 0 Å². The number of aromatic nitrogens is 2. The first kappa shape index (κ1) is 13.4. The minimum Gasteiger partial charge on any atom is -0.330 e. The summed E-state index contributed by atoms with van der Waals surface area (Å²) in [5.41, 5.74) is 7.36. The van der Waals surface area contributed by atoms with Gasteiger partial charge < -0.3 is 5.73 Å². The summed E-state index contributed by atoms with van der Waals surface area (Å²) >= 11 is 3.47. The van der Waals surface area contributed by atoms with Gasteiger partial charge in [0.1, 0.15) is 5.78 Å². The van der Waals surface area contributed by atoms with E-state index in [1.54, 1.807) is 0 Å². The van der Waals surface area contributed by atoms with Gasteiger partial charge in [-0.3, -0.25) is 9.48 Å². The van der Waals surface area contributed by atoms with E-state index < -0.39 is 0 Å². The van der Waals surface area contributed by atoms with Crippen molar-refractivity contribution in [3.63, 3.8) is 0 Å². The molecule has 0 aliphatic carbocycles. The molecule has 0 radical (unpaired) electrons. The number of Topliss-reactive ketones (excluding diaryl/α,β-unsaturated/α-hetero) is 1. The van der Waals surface area contributed by atoms with Crippen LogP contribution in [0.2, 0.25) is 0 Å². The molecule has 0 aromatic carbocycles. The second-order valence-corrected chi connectivity index (χ2v) is 4.73. The molecule has 1 aromatic heterocycles. The van der Waals surface area contributed by atoms with E-state index in [4.69, 9.17) is 5.73 Å². The van der Waals surface area contributed by atoms with Crippen LogP contribution in [0.3, 0.4) is 0 Å². The van der Waals surface area contributed by atoms with Crippen molar-refractivity contribution in [1.82, 2.24) is 9.78 Å². The van der Waals surface area contributed by atoms with Crippen LogP contribution in [0.15, 0.2) is 4.47 Å². The Labute approximate surface area is 104 Å². The summed E-state index contributed by atoms with van der Waals surface area (Å²) in [5.74, 6) is 0.0743. The van der Waals surface area contributed by atoms with Gasteiger partial charge in [-0.15, -0.1) is 0 Å². The maximum Gasteiger partial charge on any atom is 0.142 e. The molecule has 1 aromatic rings. The number of carbonyl (C=O) groups is 1. The first-order valence-electron chi connectivity index (χ1n) is 5.45. The van der Waals surface area contributed by atoms with Gasteiger partial charge in [-0.2, -0.15) is 5.10 Å². The summed E-state index contributed by atoms with van der Waals surface area (Å²) in [6.45, 7) is 6.97. The molecule has 0 amide bonds. The lowest BCUT2D eigenvalue weighted by atomic mass is 10.0. The molecule has 16 heavy (non-hydrogen) atoms. The number of aryl methyl sites for hydroxylation is 2. The molecule has 0 spiro atoms. The molecule has 2 N–H and O–H groups in total. The second kappa shape index (κ2) is 5.59. The summed E-state index contributed by atoms with van der Waals surface area (Å²) in [7, 11) is 0. The summed E-state index contributed by atoms with van der Waals surface area (Å²) in [5, 5.41) is 4.35. The third kappa shape index (κ3) is 2.71. The number of nitrogens with zero attached hydrogens (tertiary/aromatic N) is 2. The zero-order chi connectivity index (χ0) is 12.3. The highest BCUT2D eigenvalue weighted by Crippen LogP contribution is 2.22. The zero-order valence-electron chi connectivity index (χ0n) is 9.96. The average Bonchev–Trinajstić information content (AvgIpc) is 2.55. The highest BCUT2D eigenvalue weighted by Gasteiger charge is 2.18. The monoisotopic (exact) mass is 287 g/mol. The van der Waals surface area contributed by atoms with E-state index in [2.05, 4.69) is 21.0 Å². The smallest absolute Gasteiger partial charge is 0.142 e. The molecule has 5 heteroatoms. The molecule has 0 saturated heterocycles. The molecule has 0 aliphatic heterocycles. The van der Waals surface area contributed by atoms with Crippen molar-refractivity contribution in [2.75, 3.05) is 6.54 Å². The Hall–Kier alpha value is -0.680. The first-order valence-corrected chi connectivity index (χ1v) is 6.25. The highest BCUT2D eigenvalue weighted by atomic mass is 79.9. The SMILES string of the molecule is CCn1nc(C)c(Br)c1CC(=O)C(C)CN. The van der Waals surface area contributed by atoms with Crippen molar-refractivity contribution in [2.45, 2.75) is 33.7 Å². The summed E-state index contributed by atoms with van der Waals surface area (Å²) in [6.07, 6.45) is 0.396. The molecule has 1 atom stereocenters. The third-order valence-corrected chi connectivity index (χ3v) is 3.73. The van der Waals surface area contributed by atoms with Crippen LogP contribution in [0.1, 0.15) is 25.2 Å². The summed E-state index contributed by atoms with van der Waals surface area (Å²) in [4.78, 5) is 11.8. The molecule has 0 saturated carbocycles. The van der Waals surface area contributed by atoms with E-state index >= 15 is 0 Å². The van der Waals surface area contributed by atoms with Crippen molar-refractivity contribution in [3.8, 4) is 0 Å². The third-order valence-electron chi connectivity index (χ3n) is 2.70. The molecule has 4 nitrogen and oxygen atoms in total. The van der Waals surface area contributed by atoms with Crippen LogP contribution >= 0.6 is 15.9 Å². The standard InChI is InChI=1S/C11H18BrN3O/c1-4-15-9(11(12)8(3)14-15)5-10(16)7(2)6-13/h7H,4-6,13H2,1-3H3. The fourth-order valence-electron chi connectivity index (χ4n) is 1.51. The maximum absolute atomic E-state index is 11.8. The Kier molecular flexibility index (Phi) is 4.68.